The molecule has 0 aromatic heterocycles. The number of carboxylic acid groups (broad SMARTS) is 2. The summed E-state index contributed by atoms with van der Waals surface area (Å²) in [6.45, 7) is 3.97. The maximum Gasteiger partial charge on any atom is 0.306 e. The Balaban J connectivity index is 3.39. The minimum absolute atomic E-state index is 0.110. The molecule has 0 unspecified atom stereocenters. The quantitative estimate of drug-likeness (QED) is 0.0530. The van der Waals surface area contributed by atoms with Gasteiger partial charge in [0, 0.05) is 65.1 Å². The molecule has 0 aromatic carbocycles. The number of aliphatic carboxylic acids is 2. The van der Waals surface area contributed by atoms with Crippen molar-refractivity contribution in [2.45, 2.75) is 167 Å². The zero-order valence-corrected chi connectivity index (χ0v) is 32.3. The van der Waals surface area contributed by atoms with Crippen LogP contribution in [0.4, 0.5) is 0 Å². The molecule has 1 atom stereocenters. The van der Waals surface area contributed by atoms with E-state index in [2.05, 4.69) is 5.32 Å². The second-order valence-corrected chi connectivity index (χ2v) is 14.0. The van der Waals surface area contributed by atoms with Crippen LogP contribution >= 0.6 is 0 Å². The number of ether oxygens (including phenoxy) is 3. The van der Waals surface area contributed by atoms with E-state index in [1.54, 1.807) is 0 Å². The average molecular weight is 742 g/mol. The van der Waals surface area contributed by atoms with Crippen LogP contribution in [0.2, 0.25) is 0 Å². The predicted molar refractivity (Wildman–Crippen MR) is 200 cm³/mol. The van der Waals surface area contributed by atoms with Gasteiger partial charge in [-0.1, -0.05) is 77.0 Å². The molecule has 0 aliphatic rings. The van der Waals surface area contributed by atoms with E-state index >= 15 is 0 Å². The predicted octanol–water partition coefficient (Wildman–Crippen LogP) is 7.42. The molecule has 0 heterocycles. The lowest BCUT2D eigenvalue weighted by Crippen LogP contribution is -2.24. The van der Waals surface area contributed by atoms with Gasteiger partial charge in [0.15, 0.2) is 11.6 Å². The van der Waals surface area contributed by atoms with E-state index in [1.807, 2.05) is 0 Å². The Bertz CT molecular complexity index is 956. The Hall–Kier alpha value is -2.70. The second-order valence-electron chi connectivity index (χ2n) is 14.0. The van der Waals surface area contributed by atoms with Gasteiger partial charge in [0.1, 0.15) is 19.0 Å². The van der Waals surface area contributed by atoms with E-state index in [0.29, 0.717) is 58.7 Å². The molecule has 1 amide bonds. The number of hydrogen-bond acceptors (Lipinski definition) is 9. The number of hydrogen-bond donors (Lipinski definition) is 3. The molecular weight excluding hydrogens is 670 g/mol. The molecule has 0 radical (unpaired) electrons. The van der Waals surface area contributed by atoms with Crippen molar-refractivity contribution in [1.29, 1.82) is 0 Å². The summed E-state index contributed by atoms with van der Waals surface area (Å²) in [7, 11) is 0. The van der Waals surface area contributed by atoms with Crippen LogP contribution < -0.4 is 5.32 Å². The number of carboxylic acids is 2. The Morgan fingerprint density at radius 1 is 0.500 bits per heavy atom. The van der Waals surface area contributed by atoms with Crippen LogP contribution in [0.5, 0.6) is 0 Å². The highest BCUT2D eigenvalue weighted by molar-refractivity contribution is 5.85. The molecule has 0 aromatic rings. The van der Waals surface area contributed by atoms with Gasteiger partial charge in [-0.15, -0.1) is 0 Å². The third-order valence-corrected chi connectivity index (χ3v) is 8.85. The lowest BCUT2D eigenvalue weighted by atomic mass is 9.96. The molecule has 52 heavy (non-hydrogen) atoms. The summed E-state index contributed by atoms with van der Waals surface area (Å²) in [5.74, 6) is -3.25. The SMILES string of the molecule is CC(=O)CC[C@H](CC(=O)COCC(=O)CCCCOCCCCOCCCNC(=O)CCCCCCCCCCCCCCCCC(=O)O)C(=O)O. The molecule has 0 fully saturated rings. The largest absolute Gasteiger partial charge is 0.481 e. The molecule has 0 spiro atoms. The maximum atomic E-state index is 12.0. The molecular formula is C40H71NO11. The fraction of sp³-hybridized carbons (Fsp3) is 0.850. The highest BCUT2D eigenvalue weighted by Gasteiger charge is 2.21. The van der Waals surface area contributed by atoms with Crippen LogP contribution in [-0.2, 0) is 43.0 Å². The van der Waals surface area contributed by atoms with Crippen molar-refractivity contribution in [3.05, 3.63) is 0 Å². The van der Waals surface area contributed by atoms with Gasteiger partial charge in [-0.25, -0.2) is 0 Å². The van der Waals surface area contributed by atoms with E-state index < -0.39 is 23.6 Å². The smallest absolute Gasteiger partial charge is 0.306 e. The first-order valence-corrected chi connectivity index (χ1v) is 20.1. The Morgan fingerprint density at radius 3 is 1.44 bits per heavy atom. The van der Waals surface area contributed by atoms with Crippen molar-refractivity contribution < 1.29 is 53.2 Å². The number of amides is 1. The van der Waals surface area contributed by atoms with Gasteiger partial charge in [-0.3, -0.25) is 24.0 Å². The highest BCUT2D eigenvalue weighted by Crippen LogP contribution is 2.15. The summed E-state index contributed by atoms with van der Waals surface area (Å²) < 4.78 is 16.4. The van der Waals surface area contributed by atoms with Gasteiger partial charge in [0.2, 0.25) is 5.91 Å². The standard InChI is InChI=1S/C40H71NO11/c1-34(42)24-25-35(40(48)49)31-37(44)33-52-32-36(43)21-16-17-27-50-28-18-19-29-51-30-20-26-41-38(45)22-14-12-10-8-6-4-2-3-5-7-9-11-13-15-23-39(46)47/h35H,2-33H2,1H3,(H,41,45)(H,46,47)(H,48,49)/t35-/m1/s1. The van der Waals surface area contributed by atoms with E-state index in [4.69, 9.17) is 19.3 Å². The van der Waals surface area contributed by atoms with Crippen LogP contribution in [0.15, 0.2) is 0 Å². The maximum absolute atomic E-state index is 12.0. The molecule has 0 rings (SSSR count). The number of carbonyl (C=O) groups is 6. The fourth-order valence-electron chi connectivity index (χ4n) is 5.69. The number of rotatable bonds is 41. The summed E-state index contributed by atoms with van der Waals surface area (Å²) in [6.07, 6.45) is 21.6. The van der Waals surface area contributed by atoms with Crippen molar-refractivity contribution in [3.8, 4) is 0 Å². The molecule has 3 N–H and O–H groups in total. The van der Waals surface area contributed by atoms with E-state index in [9.17, 15) is 33.9 Å². The normalized spacial score (nSPS) is 11.7. The number of Topliss-reactive ketones (excluding diaryl/α,β-unsaturated/α-hetero) is 3. The summed E-state index contributed by atoms with van der Waals surface area (Å²) in [5.41, 5.74) is 0. The number of carbonyl (C=O) groups excluding carboxylic acids is 4. The third-order valence-electron chi connectivity index (χ3n) is 8.85. The molecule has 12 nitrogen and oxygen atoms in total. The monoisotopic (exact) mass is 742 g/mol. The van der Waals surface area contributed by atoms with Crippen LogP contribution in [0.1, 0.15) is 167 Å². The zero-order chi connectivity index (χ0) is 38.5. The minimum Gasteiger partial charge on any atom is -0.481 e. The average Bonchev–Trinajstić information content (AvgIpc) is 3.09. The first-order chi connectivity index (χ1) is 25.1. The topological polar surface area (TPSA) is 183 Å². The van der Waals surface area contributed by atoms with Gasteiger partial charge in [-0.2, -0.15) is 0 Å². The summed E-state index contributed by atoms with van der Waals surface area (Å²) in [6, 6.07) is 0. The Morgan fingerprint density at radius 2 is 0.942 bits per heavy atom. The van der Waals surface area contributed by atoms with Gasteiger partial charge >= 0.3 is 11.9 Å². The highest BCUT2D eigenvalue weighted by atomic mass is 16.5. The van der Waals surface area contributed by atoms with Gasteiger partial charge in [0.25, 0.3) is 0 Å². The molecule has 0 aliphatic heterocycles. The van der Waals surface area contributed by atoms with Crippen molar-refractivity contribution in [1.82, 2.24) is 5.32 Å². The van der Waals surface area contributed by atoms with Crippen LogP contribution in [0.25, 0.3) is 0 Å². The Kier molecular flexibility index (Phi) is 34.7. The molecule has 0 saturated heterocycles. The fourth-order valence-corrected chi connectivity index (χ4v) is 5.69. The molecule has 0 bridgehead atoms. The van der Waals surface area contributed by atoms with Gasteiger partial charge in [0.05, 0.1) is 5.92 Å². The van der Waals surface area contributed by atoms with E-state index in [1.165, 1.54) is 64.7 Å². The van der Waals surface area contributed by atoms with E-state index in [-0.39, 0.29) is 49.9 Å². The molecule has 0 saturated carbocycles. The van der Waals surface area contributed by atoms with Crippen molar-refractivity contribution in [2.24, 2.45) is 5.92 Å². The van der Waals surface area contributed by atoms with Gasteiger partial charge in [-0.05, 0) is 58.3 Å². The molecule has 12 heteroatoms. The van der Waals surface area contributed by atoms with Crippen LogP contribution in [0.3, 0.4) is 0 Å². The molecule has 0 aliphatic carbocycles. The lowest BCUT2D eigenvalue weighted by Gasteiger charge is -2.10. The first-order valence-electron chi connectivity index (χ1n) is 20.1. The zero-order valence-electron chi connectivity index (χ0n) is 32.3. The Labute approximate surface area is 312 Å². The van der Waals surface area contributed by atoms with Crippen molar-refractivity contribution in [3.63, 3.8) is 0 Å². The van der Waals surface area contributed by atoms with E-state index in [0.717, 1.165) is 57.8 Å². The number of ketones is 3. The second kappa shape index (κ2) is 36.6. The van der Waals surface area contributed by atoms with Crippen LogP contribution in [0, 0.1) is 5.92 Å². The lowest BCUT2D eigenvalue weighted by molar-refractivity contribution is -0.145. The first kappa shape index (κ1) is 49.3. The number of unbranched alkanes of at least 4 members (excludes halogenated alkanes) is 15. The summed E-state index contributed by atoms with van der Waals surface area (Å²) >= 11 is 0. The minimum atomic E-state index is -1.12. The molecule has 302 valence electrons. The summed E-state index contributed by atoms with van der Waals surface area (Å²) in [4.78, 5) is 68.8. The van der Waals surface area contributed by atoms with Crippen molar-refractivity contribution in [2.75, 3.05) is 46.2 Å². The number of nitrogens with one attached hydrogen (secondary N) is 1. The van der Waals surface area contributed by atoms with Crippen molar-refractivity contribution >= 4 is 35.2 Å². The van der Waals surface area contributed by atoms with Gasteiger partial charge < -0.3 is 34.5 Å². The van der Waals surface area contributed by atoms with Crippen LogP contribution in [-0.4, -0.2) is 91.6 Å². The summed E-state index contributed by atoms with van der Waals surface area (Å²) in [5, 5.41) is 20.8. The third kappa shape index (κ3) is 37.1.